The van der Waals surface area contributed by atoms with Gasteiger partial charge in [0.25, 0.3) is 0 Å². The number of amides is 1. The van der Waals surface area contributed by atoms with E-state index in [0.717, 1.165) is 6.92 Å². The van der Waals surface area contributed by atoms with Gasteiger partial charge >= 0.3 is 6.18 Å². The molecule has 0 radical (unpaired) electrons. The first kappa shape index (κ1) is 21.1. The van der Waals surface area contributed by atoms with Crippen LogP contribution in [0.5, 0.6) is 0 Å². The van der Waals surface area contributed by atoms with E-state index in [0.29, 0.717) is 16.0 Å². The maximum atomic E-state index is 13.3. The lowest BCUT2D eigenvalue weighted by molar-refractivity contribution is -0.160. The third-order valence-electron chi connectivity index (χ3n) is 4.05. The summed E-state index contributed by atoms with van der Waals surface area (Å²) in [7, 11) is 0. The van der Waals surface area contributed by atoms with Gasteiger partial charge in [0.15, 0.2) is 0 Å². The number of aromatic nitrogens is 6. The average molecular weight is 424 g/mol. The van der Waals surface area contributed by atoms with Gasteiger partial charge in [-0.3, -0.25) is 4.79 Å². The van der Waals surface area contributed by atoms with E-state index in [4.69, 9.17) is 0 Å². The van der Waals surface area contributed by atoms with E-state index in [-0.39, 0.29) is 18.3 Å². The Morgan fingerprint density at radius 3 is 2.40 bits per heavy atom. The molecule has 9 nitrogen and oxygen atoms in total. The van der Waals surface area contributed by atoms with Crippen molar-refractivity contribution in [2.45, 2.75) is 19.1 Å². The van der Waals surface area contributed by atoms with Crippen molar-refractivity contribution >= 4 is 11.9 Å². The van der Waals surface area contributed by atoms with Gasteiger partial charge in [0, 0.05) is 25.9 Å². The second-order valence-corrected chi connectivity index (χ2v) is 6.29. The number of hydrogen-bond donors (Lipinski definition) is 2. The predicted octanol–water partition coefficient (Wildman–Crippen LogP) is 2.36. The van der Waals surface area contributed by atoms with E-state index in [1.807, 2.05) is 0 Å². The maximum absolute atomic E-state index is 13.3. The largest absolute Gasteiger partial charge is 0.406 e. The van der Waals surface area contributed by atoms with Crippen molar-refractivity contribution in [3.63, 3.8) is 0 Å². The molecule has 3 aromatic rings. The molecule has 0 spiro atoms. The van der Waals surface area contributed by atoms with Crippen LogP contribution in [0.4, 0.5) is 23.5 Å². The van der Waals surface area contributed by atoms with Crippen LogP contribution >= 0.6 is 0 Å². The molecule has 0 fully saturated rings. The molecule has 0 saturated carbocycles. The van der Waals surface area contributed by atoms with Crippen molar-refractivity contribution < 1.29 is 22.4 Å². The van der Waals surface area contributed by atoms with Crippen LogP contribution in [0.3, 0.4) is 0 Å². The zero-order chi connectivity index (χ0) is 21.7. The summed E-state index contributed by atoms with van der Waals surface area (Å²) >= 11 is 0. The molecule has 1 unspecified atom stereocenters. The van der Waals surface area contributed by atoms with Crippen LogP contribution in [0.1, 0.15) is 18.5 Å². The lowest BCUT2D eigenvalue weighted by Crippen LogP contribution is -2.41. The number of halogens is 4. The summed E-state index contributed by atoms with van der Waals surface area (Å²) in [5.41, 5.74) is 0.922. The summed E-state index contributed by atoms with van der Waals surface area (Å²) in [5.74, 6) is -0.900. The Morgan fingerprint density at radius 2 is 1.87 bits per heavy atom. The molecular weight excluding hydrogens is 408 g/mol. The van der Waals surface area contributed by atoms with Gasteiger partial charge in [0.1, 0.15) is 12.4 Å². The number of carbonyl (C=O) groups is 1. The number of benzene rings is 1. The monoisotopic (exact) mass is 424 g/mol. The summed E-state index contributed by atoms with van der Waals surface area (Å²) in [4.78, 5) is 20.6. The maximum Gasteiger partial charge on any atom is 0.406 e. The number of carbonyl (C=O) groups excluding carboxylic acids is 1. The number of anilines is 1. The highest BCUT2D eigenvalue weighted by Crippen LogP contribution is 2.23. The van der Waals surface area contributed by atoms with Crippen LogP contribution in [0, 0.1) is 5.82 Å². The second-order valence-electron chi connectivity index (χ2n) is 6.29. The predicted molar refractivity (Wildman–Crippen MR) is 96.3 cm³/mol. The number of rotatable bonds is 7. The highest BCUT2D eigenvalue weighted by molar-refractivity contribution is 5.73. The molecule has 3 rings (SSSR count). The van der Waals surface area contributed by atoms with E-state index in [9.17, 15) is 22.4 Å². The fourth-order valence-electron chi connectivity index (χ4n) is 2.63. The lowest BCUT2D eigenvalue weighted by Gasteiger charge is -2.28. The van der Waals surface area contributed by atoms with Crippen LogP contribution in [-0.4, -0.2) is 60.7 Å². The topological polar surface area (TPSA) is 113 Å². The van der Waals surface area contributed by atoms with E-state index in [1.54, 1.807) is 0 Å². The molecule has 2 N–H and O–H groups in total. The smallest absolute Gasteiger partial charge is 0.346 e. The molecule has 13 heteroatoms. The fourth-order valence-corrected chi connectivity index (χ4v) is 2.63. The number of alkyl halides is 3. The SMILES string of the molecule is CC(=O)N(CC(Nc1ncc(-c2nn[nH]n2)cn1)c1ccc(F)cc1)CC(F)(F)F. The Morgan fingerprint density at radius 1 is 1.20 bits per heavy atom. The van der Waals surface area contributed by atoms with Gasteiger partial charge in [0.05, 0.1) is 11.6 Å². The highest BCUT2D eigenvalue weighted by atomic mass is 19.4. The minimum Gasteiger partial charge on any atom is -0.346 e. The number of nitrogens with one attached hydrogen (secondary N) is 2. The first-order valence-electron chi connectivity index (χ1n) is 8.61. The van der Waals surface area contributed by atoms with Crippen molar-refractivity contribution in [1.29, 1.82) is 0 Å². The molecule has 1 aromatic carbocycles. The van der Waals surface area contributed by atoms with Crippen LogP contribution in [0.25, 0.3) is 11.4 Å². The minimum atomic E-state index is -4.57. The quantitative estimate of drug-likeness (QED) is 0.560. The standard InChI is InChI=1S/C17H16F4N8O/c1-10(30)29(9-17(19,20)21)8-14(11-2-4-13(18)5-3-11)24-16-22-6-12(7-23-16)15-25-27-28-26-15/h2-7,14H,8-9H2,1H3,(H,22,23,24)(H,25,26,27,28). The third-order valence-corrected chi connectivity index (χ3v) is 4.05. The molecule has 0 aliphatic rings. The summed E-state index contributed by atoms with van der Waals surface area (Å²) in [6, 6.07) is 4.34. The Kier molecular flexibility index (Phi) is 6.18. The van der Waals surface area contributed by atoms with Crippen molar-refractivity contribution in [3.8, 4) is 11.4 Å². The fraction of sp³-hybridized carbons (Fsp3) is 0.294. The zero-order valence-electron chi connectivity index (χ0n) is 15.6. The summed E-state index contributed by atoms with van der Waals surface area (Å²) < 4.78 is 51.9. The molecule has 0 bridgehead atoms. The molecule has 2 aromatic heterocycles. The number of hydrogen-bond acceptors (Lipinski definition) is 7. The van der Waals surface area contributed by atoms with E-state index in [2.05, 4.69) is 35.9 Å². The molecule has 30 heavy (non-hydrogen) atoms. The third kappa shape index (κ3) is 5.68. The Labute approximate surface area is 167 Å². The van der Waals surface area contributed by atoms with Crippen LogP contribution < -0.4 is 5.32 Å². The Bertz CT molecular complexity index is 961. The molecular formula is C17H16F4N8O. The van der Waals surface area contributed by atoms with E-state index in [1.165, 1.54) is 36.7 Å². The minimum absolute atomic E-state index is 0.0899. The molecule has 158 valence electrons. The van der Waals surface area contributed by atoms with Crippen LogP contribution in [0.2, 0.25) is 0 Å². The molecule has 0 saturated heterocycles. The van der Waals surface area contributed by atoms with Gasteiger partial charge in [-0.05, 0) is 22.9 Å². The van der Waals surface area contributed by atoms with Crippen molar-refractivity contribution in [2.24, 2.45) is 0 Å². The number of nitrogens with zero attached hydrogens (tertiary/aromatic N) is 6. The summed E-state index contributed by atoms with van der Waals surface area (Å²) in [6.45, 7) is -0.709. The first-order valence-corrected chi connectivity index (χ1v) is 8.61. The first-order chi connectivity index (χ1) is 14.2. The van der Waals surface area contributed by atoms with E-state index < -0.39 is 30.5 Å². The normalized spacial score (nSPS) is 12.4. The van der Waals surface area contributed by atoms with E-state index >= 15 is 0 Å². The van der Waals surface area contributed by atoms with Gasteiger partial charge in [-0.1, -0.05) is 12.1 Å². The summed E-state index contributed by atoms with van der Waals surface area (Å²) in [5, 5.41) is 16.2. The lowest BCUT2D eigenvalue weighted by atomic mass is 10.1. The number of aromatic amines is 1. The van der Waals surface area contributed by atoms with Gasteiger partial charge in [-0.15, -0.1) is 10.2 Å². The Hall–Kier alpha value is -3.64. The second kappa shape index (κ2) is 8.80. The zero-order valence-corrected chi connectivity index (χ0v) is 15.6. The summed E-state index contributed by atoms with van der Waals surface area (Å²) in [6.07, 6.45) is -1.76. The van der Waals surface area contributed by atoms with Gasteiger partial charge in [-0.25, -0.2) is 14.4 Å². The average Bonchev–Trinajstić information content (AvgIpc) is 3.22. The highest BCUT2D eigenvalue weighted by Gasteiger charge is 2.33. The van der Waals surface area contributed by atoms with Gasteiger partial charge in [0.2, 0.25) is 17.7 Å². The van der Waals surface area contributed by atoms with Crippen molar-refractivity contribution in [1.82, 2.24) is 35.5 Å². The van der Waals surface area contributed by atoms with Crippen molar-refractivity contribution in [3.05, 3.63) is 48.0 Å². The van der Waals surface area contributed by atoms with Gasteiger partial charge in [-0.2, -0.15) is 18.4 Å². The molecule has 1 amide bonds. The Balaban J connectivity index is 1.83. The van der Waals surface area contributed by atoms with Crippen LogP contribution in [0.15, 0.2) is 36.7 Å². The number of tetrazole rings is 1. The molecule has 1 atom stereocenters. The molecule has 0 aliphatic carbocycles. The molecule has 0 aliphatic heterocycles. The molecule has 2 heterocycles. The number of H-pyrrole nitrogens is 1. The van der Waals surface area contributed by atoms with Crippen molar-refractivity contribution in [2.75, 3.05) is 18.4 Å². The van der Waals surface area contributed by atoms with Crippen LogP contribution in [-0.2, 0) is 4.79 Å². The van der Waals surface area contributed by atoms with Gasteiger partial charge < -0.3 is 10.2 Å².